The van der Waals surface area contributed by atoms with Crippen LogP contribution in [0.15, 0.2) is 54.6 Å². The zero-order valence-electron chi connectivity index (χ0n) is 24.5. The second-order valence-corrected chi connectivity index (χ2v) is 12.0. The van der Waals surface area contributed by atoms with Gasteiger partial charge in [0.2, 0.25) is 0 Å². The lowest BCUT2D eigenvalue weighted by Crippen LogP contribution is -2.51. The maximum Gasteiger partial charge on any atom is 0.280 e. The first-order chi connectivity index (χ1) is 20.4. The van der Waals surface area contributed by atoms with Crippen molar-refractivity contribution in [2.75, 3.05) is 31.4 Å². The third-order valence-corrected chi connectivity index (χ3v) is 8.44. The van der Waals surface area contributed by atoms with E-state index in [1.54, 1.807) is 62.6 Å². The summed E-state index contributed by atoms with van der Waals surface area (Å²) in [6.07, 6.45) is 0. The Morgan fingerprint density at radius 2 is 1.72 bits per heavy atom. The van der Waals surface area contributed by atoms with Crippen molar-refractivity contribution in [1.29, 1.82) is 0 Å². The van der Waals surface area contributed by atoms with Gasteiger partial charge < -0.3 is 19.5 Å². The van der Waals surface area contributed by atoms with Crippen LogP contribution in [0, 0.1) is 6.92 Å². The molecule has 11 heteroatoms. The van der Waals surface area contributed by atoms with Gasteiger partial charge in [-0.05, 0) is 68.8 Å². The van der Waals surface area contributed by atoms with Crippen LogP contribution in [0.25, 0.3) is 11.4 Å². The van der Waals surface area contributed by atoms with Crippen LogP contribution in [0.2, 0.25) is 10.0 Å². The molecule has 1 atom stereocenters. The highest BCUT2D eigenvalue weighted by Gasteiger charge is 2.64. The Morgan fingerprint density at radius 1 is 1.02 bits per heavy atom. The number of imidazole rings is 1. The van der Waals surface area contributed by atoms with Crippen LogP contribution in [-0.2, 0) is 10.3 Å². The van der Waals surface area contributed by atoms with E-state index in [1.165, 1.54) is 16.9 Å². The molecule has 3 heterocycles. The smallest absolute Gasteiger partial charge is 0.280 e. The van der Waals surface area contributed by atoms with Gasteiger partial charge in [-0.25, -0.2) is 4.98 Å². The number of ether oxygens (including phenoxy) is 1. The van der Waals surface area contributed by atoms with Crippen molar-refractivity contribution in [3.8, 4) is 17.1 Å². The number of hydrogen-bond acceptors (Lipinski definition) is 5. The molecular weight excluding hydrogens is 589 g/mol. The minimum Gasteiger partial charge on any atom is -0.496 e. The highest BCUT2D eigenvalue weighted by molar-refractivity contribution is 6.32. The minimum absolute atomic E-state index is 0.136. The van der Waals surface area contributed by atoms with E-state index < -0.39 is 17.4 Å². The second-order valence-electron chi connectivity index (χ2n) is 11.1. The molecule has 0 radical (unpaired) electrons. The lowest BCUT2D eigenvalue weighted by atomic mass is 9.86. The first-order valence-electron chi connectivity index (χ1n) is 13.7. The number of nitrogens with one attached hydrogen (secondary N) is 1. The molecule has 2 aliphatic rings. The van der Waals surface area contributed by atoms with Crippen LogP contribution in [0.3, 0.4) is 0 Å². The van der Waals surface area contributed by atoms with E-state index in [4.69, 9.17) is 32.9 Å². The summed E-state index contributed by atoms with van der Waals surface area (Å²) in [7, 11) is 4.86. The number of anilines is 2. The van der Waals surface area contributed by atoms with E-state index in [0.717, 1.165) is 5.56 Å². The highest BCUT2D eigenvalue weighted by Crippen LogP contribution is 2.55. The number of amides is 3. The Kier molecular flexibility index (Phi) is 6.78. The lowest BCUT2D eigenvalue weighted by Gasteiger charge is -2.36. The molecule has 220 valence electrons. The summed E-state index contributed by atoms with van der Waals surface area (Å²) in [6.45, 7) is 5.79. The van der Waals surface area contributed by atoms with Gasteiger partial charge in [-0.1, -0.05) is 35.3 Å². The Morgan fingerprint density at radius 3 is 2.40 bits per heavy atom. The van der Waals surface area contributed by atoms with Gasteiger partial charge in [0, 0.05) is 47.0 Å². The molecule has 0 aliphatic carbocycles. The van der Waals surface area contributed by atoms with Crippen molar-refractivity contribution < 1.29 is 19.1 Å². The average molecular weight is 619 g/mol. The molecule has 1 unspecified atom stereocenters. The van der Waals surface area contributed by atoms with E-state index in [1.807, 2.05) is 31.4 Å². The molecule has 9 nitrogen and oxygen atoms in total. The topological polar surface area (TPSA) is 96.8 Å². The van der Waals surface area contributed by atoms with Crippen molar-refractivity contribution in [1.82, 2.24) is 14.5 Å². The molecule has 3 amide bonds. The van der Waals surface area contributed by atoms with Gasteiger partial charge in [0.1, 0.15) is 11.6 Å². The highest BCUT2D eigenvalue weighted by atomic mass is 35.5. The molecule has 2 aliphatic heterocycles. The van der Waals surface area contributed by atoms with Crippen molar-refractivity contribution in [2.45, 2.75) is 32.4 Å². The third-order valence-electron chi connectivity index (χ3n) is 7.97. The van der Waals surface area contributed by atoms with Crippen LogP contribution in [0.4, 0.5) is 11.4 Å². The number of nitrogens with zero attached hydrogens (tertiary/aromatic N) is 4. The first kappa shape index (κ1) is 28.8. The number of hydrogen-bond donors (Lipinski definition) is 1. The minimum atomic E-state index is -1.61. The summed E-state index contributed by atoms with van der Waals surface area (Å²) in [4.78, 5) is 49.5. The molecule has 0 saturated carbocycles. The molecule has 6 rings (SSSR count). The Labute approximate surface area is 259 Å². The Balaban J connectivity index is 1.69. The monoisotopic (exact) mass is 617 g/mol. The third kappa shape index (κ3) is 4.06. The van der Waals surface area contributed by atoms with Gasteiger partial charge in [0.25, 0.3) is 17.7 Å². The van der Waals surface area contributed by atoms with Crippen LogP contribution >= 0.6 is 23.2 Å². The second kappa shape index (κ2) is 10.1. The summed E-state index contributed by atoms with van der Waals surface area (Å²) < 4.78 is 7.64. The molecule has 1 aromatic heterocycles. The molecule has 0 fully saturated rings. The Hall–Kier alpha value is -4.34. The molecule has 0 saturated heterocycles. The SMILES string of the molecule is COc1cc(C(=O)N(C)C)ccc1-c1nc2c(n1C(C)C)C1(C(=O)Nc3cc(Cl)ccc31)N(c1cc(Cl)ccc1C)C2=O. The fraction of sp³-hybridized carbons (Fsp3) is 0.250. The zero-order chi connectivity index (χ0) is 31.0. The van der Waals surface area contributed by atoms with Crippen molar-refractivity contribution in [2.24, 2.45) is 0 Å². The summed E-state index contributed by atoms with van der Waals surface area (Å²) in [5.74, 6) is -0.198. The first-order valence-corrected chi connectivity index (χ1v) is 14.4. The summed E-state index contributed by atoms with van der Waals surface area (Å²) in [6, 6.07) is 15.3. The van der Waals surface area contributed by atoms with Gasteiger partial charge >= 0.3 is 0 Å². The number of fused-ring (bicyclic) bond motifs is 4. The standard InChI is InChI=1S/C32H29Cl2N5O4/c1-16(2)38-27-26(36-28(38)21-11-8-18(13-25(21)43-6)29(40)37(4)5)30(41)39(24-15-20(34)9-7-17(24)3)32(27)22-12-10-19(33)14-23(22)35-31(32)42/h7-16H,1-6H3,(H,35,42). The molecule has 43 heavy (non-hydrogen) atoms. The summed E-state index contributed by atoms with van der Waals surface area (Å²) in [5, 5.41) is 3.85. The van der Waals surface area contributed by atoms with Crippen molar-refractivity contribution >= 4 is 52.3 Å². The zero-order valence-corrected chi connectivity index (χ0v) is 26.0. The van der Waals surface area contributed by atoms with Gasteiger partial charge in [0.15, 0.2) is 11.2 Å². The number of carbonyl (C=O) groups excluding carboxylic acids is 3. The summed E-state index contributed by atoms with van der Waals surface area (Å²) in [5.41, 5.74) is 2.30. The largest absolute Gasteiger partial charge is 0.496 e. The number of methoxy groups -OCH3 is 1. The molecule has 1 N–H and O–H groups in total. The van der Waals surface area contributed by atoms with E-state index in [0.29, 0.717) is 55.4 Å². The van der Waals surface area contributed by atoms with Crippen LogP contribution < -0.4 is 15.0 Å². The fourth-order valence-electron chi connectivity index (χ4n) is 6.09. The van der Waals surface area contributed by atoms with E-state index >= 15 is 0 Å². The van der Waals surface area contributed by atoms with Crippen molar-refractivity contribution in [3.05, 3.63) is 92.7 Å². The number of carbonyl (C=O) groups is 3. The molecular formula is C32H29Cl2N5O4. The normalized spacial score (nSPS) is 17.0. The Bertz CT molecular complexity index is 1860. The van der Waals surface area contributed by atoms with Gasteiger partial charge in [-0.2, -0.15) is 0 Å². The molecule has 3 aromatic carbocycles. The lowest BCUT2D eigenvalue weighted by molar-refractivity contribution is -0.119. The predicted molar refractivity (Wildman–Crippen MR) is 166 cm³/mol. The maximum absolute atomic E-state index is 14.6. The predicted octanol–water partition coefficient (Wildman–Crippen LogP) is 6.31. The quantitative estimate of drug-likeness (QED) is 0.283. The van der Waals surface area contributed by atoms with Crippen LogP contribution in [0.5, 0.6) is 5.75 Å². The fourth-order valence-corrected chi connectivity index (χ4v) is 6.43. The van der Waals surface area contributed by atoms with Crippen LogP contribution in [-0.4, -0.2) is 53.4 Å². The summed E-state index contributed by atoms with van der Waals surface area (Å²) >= 11 is 12.8. The number of halogens is 2. The van der Waals surface area contributed by atoms with E-state index in [9.17, 15) is 14.4 Å². The van der Waals surface area contributed by atoms with Gasteiger partial charge in [0.05, 0.1) is 24.1 Å². The van der Waals surface area contributed by atoms with E-state index in [2.05, 4.69) is 5.32 Å². The van der Waals surface area contributed by atoms with E-state index in [-0.39, 0.29) is 17.6 Å². The molecule has 0 bridgehead atoms. The number of benzene rings is 3. The van der Waals surface area contributed by atoms with Crippen molar-refractivity contribution in [3.63, 3.8) is 0 Å². The average Bonchev–Trinajstić information content (AvgIpc) is 3.57. The molecule has 1 spiro atoms. The van der Waals surface area contributed by atoms with Gasteiger partial charge in [-0.15, -0.1) is 0 Å². The maximum atomic E-state index is 14.6. The number of aryl methyl sites for hydroxylation is 1. The van der Waals surface area contributed by atoms with Gasteiger partial charge in [-0.3, -0.25) is 19.3 Å². The molecule has 4 aromatic rings. The number of rotatable bonds is 5. The van der Waals surface area contributed by atoms with Crippen LogP contribution in [0.1, 0.15) is 57.6 Å². The number of aromatic nitrogens is 2.